The molecule has 0 spiro atoms. The van der Waals surface area contributed by atoms with Crippen molar-refractivity contribution < 1.29 is 14.3 Å². The van der Waals surface area contributed by atoms with Crippen LogP contribution in [0.15, 0.2) is 18.2 Å². The molecule has 18 heavy (non-hydrogen) atoms. The molecule has 0 saturated heterocycles. The van der Waals surface area contributed by atoms with Gasteiger partial charge in [-0.3, -0.25) is 4.79 Å². The van der Waals surface area contributed by atoms with E-state index in [1.54, 1.807) is 0 Å². The number of carbonyl (C=O) groups excluding carboxylic acids is 1. The van der Waals surface area contributed by atoms with Gasteiger partial charge in [0.25, 0.3) is 5.91 Å². The molecule has 3 nitrogen and oxygen atoms in total. The Labute approximate surface area is 110 Å². The largest absolute Gasteiger partial charge is 0.394 e. The van der Waals surface area contributed by atoms with Crippen molar-refractivity contribution >= 4 is 17.5 Å². The smallest absolute Gasteiger partial charge is 0.253 e. The minimum Gasteiger partial charge on any atom is -0.394 e. The Hall–Kier alpha value is -1.13. The van der Waals surface area contributed by atoms with E-state index in [1.807, 2.05) is 0 Å². The van der Waals surface area contributed by atoms with Gasteiger partial charge in [0.15, 0.2) is 0 Å². The summed E-state index contributed by atoms with van der Waals surface area (Å²) in [6, 6.07) is 3.66. The summed E-state index contributed by atoms with van der Waals surface area (Å²) in [6.45, 7) is -0.0858. The van der Waals surface area contributed by atoms with Gasteiger partial charge in [0.2, 0.25) is 0 Å². The highest BCUT2D eigenvalue weighted by Gasteiger charge is 2.35. The van der Waals surface area contributed by atoms with Crippen molar-refractivity contribution in [3.05, 3.63) is 34.6 Å². The second-order valence-corrected chi connectivity index (χ2v) is 5.13. The minimum absolute atomic E-state index is 0.0820. The predicted molar refractivity (Wildman–Crippen MR) is 67.2 cm³/mol. The summed E-state index contributed by atoms with van der Waals surface area (Å²) in [7, 11) is 0. The van der Waals surface area contributed by atoms with Crippen LogP contribution in [0.1, 0.15) is 36.0 Å². The second kappa shape index (κ2) is 5.24. The molecule has 0 aromatic heterocycles. The van der Waals surface area contributed by atoms with Gasteiger partial charge in [0.05, 0.1) is 22.7 Å². The summed E-state index contributed by atoms with van der Waals surface area (Å²) >= 11 is 5.84. The lowest BCUT2D eigenvalue weighted by Crippen LogP contribution is -2.49. The van der Waals surface area contributed by atoms with Gasteiger partial charge in [-0.1, -0.05) is 24.4 Å². The van der Waals surface area contributed by atoms with Crippen molar-refractivity contribution in [2.75, 3.05) is 6.61 Å². The van der Waals surface area contributed by atoms with Crippen LogP contribution in [0.2, 0.25) is 5.02 Å². The lowest BCUT2D eigenvalue weighted by atomic mass is 9.98. The van der Waals surface area contributed by atoms with E-state index in [2.05, 4.69) is 5.32 Å². The molecule has 5 heteroatoms. The van der Waals surface area contributed by atoms with E-state index in [4.69, 9.17) is 11.6 Å². The van der Waals surface area contributed by atoms with Gasteiger partial charge in [-0.05, 0) is 31.0 Å². The summed E-state index contributed by atoms with van der Waals surface area (Å²) in [4.78, 5) is 12.1. The molecule has 1 amide bonds. The number of nitrogens with one attached hydrogen (secondary N) is 1. The first-order valence-corrected chi connectivity index (χ1v) is 6.32. The predicted octanol–water partition coefficient (Wildman–Crippen LogP) is 2.51. The van der Waals surface area contributed by atoms with E-state index >= 15 is 0 Å². The van der Waals surface area contributed by atoms with Crippen LogP contribution in [0, 0.1) is 5.82 Å². The maximum atomic E-state index is 12.9. The fourth-order valence-electron chi connectivity index (χ4n) is 2.36. The Morgan fingerprint density at radius 2 is 2.11 bits per heavy atom. The number of benzene rings is 1. The molecule has 1 aliphatic carbocycles. The number of halogens is 2. The van der Waals surface area contributed by atoms with Crippen molar-refractivity contribution in [1.29, 1.82) is 0 Å². The van der Waals surface area contributed by atoms with Crippen molar-refractivity contribution in [1.82, 2.24) is 5.32 Å². The molecular weight excluding hydrogens is 257 g/mol. The maximum Gasteiger partial charge on any atom is 0.253 e. The monoisotopic (exact) mass is 271 g/mol. The van der Waals surface area contributed by atoms with E-state index in [9.17, 15) is 14.3 Å². The van der Waals surface area contributed by atoms with Crippen LogP contribution in [0.5, 0.6) is 0 Å². The first kappa shape index (κ1) is 13.3. The Morgan fingerprint density at radius 1 is 1.44 bits per heavy atom. The summed E-state index contributed by atoms with van der Waals surface area (Å²) in [5.41, 5.74) is -0.313. The molecule has 2 N–H and O–H groups in total. The van der Waals surface area contributed by atoms with E-state index in [0.29, 0.717) is 0 Å². The number of hydrogen-bond acceptors (Lipinski definition) is 2. The summed E-state index contributed by atoms with van der Waals surface area (Å²) in [5.74, 6) is -0.842. The first-order valence-electron chi connectivity index (χ1n) is 5.95. The lowest BCUT2D eigenvalue weighted by Gasteiger charge is -2.28. The van der Waals surface area contributed by atoms with Crippen LogP contribution in [-0.4, -0.2) is 23.2 Å². The third kappa shape index (κ3) is 2.65. The van der Waals surface area contributed by atoms with Crippen LogP contribution >= 0.6 is 11.6 Å². The Morgan fingerprint density at radius 3 is 2.67 bits per heavy atom. The van der Waals surface area contributed by atoms with Crippen LogP contribution in [0.4, 0.5) is 4.39 Å². The molecule has 1 aliphatic rings. The number of carbonyl (C=O) groups is 1. The fraction of sp³-hybridized carbons (Fsp3) is 0.462. The summed E-state index contributed by atoms with van der Waals surface area (Å²) < 4.78 is 12.9. The molecule has 0 aliphatic heterocycles. The van der Waals surface area contributed by atoms with Gasteiger partial charge in [-0.25, -0.2) is 4.39 Å². The first-order chi connectivity index (χ1) is 8.56. The van der Waals surface area contributed by atoms with E-state index in [0.717, 1.165) is 31.7 Å². The topological polar surface area (TPSA) is 49.3 Å². The molecule has 2 rings (SSSR count). The number of aliphatic hydroxyl groups is 1. The van der Waals surface area contributed by atoms with Gasteiger partial charge >= 0.3 is 0 Å². The zero-order valence-corrected chi connectivity index (χ0v) is 10.6. The fourth-order valence-corrected chi connectivity index (χ4v) is 2.61. The quantitative estimate of drug-likeness (QED) is 0.887. The molecule has 1 saturated carbocycles. The number of aliphatic hydroxyl groups excluding tert-OH is 1. The van der Waals surface area contributed by atoms with Gasteiger partial charge in [0.1, 0.15) is 5.82 Å². The highest BCUT2D eigenvalue weighted by Crippen LogP contribution is 2.30. The molecule has 0 heterocycles. The number of hydrogen-bond donors (Lipinski definition) is 2. The normalized spacial score (nSPS) is 17.7. The Balaban J connectivity index is 2.16. The second-order valence-electron chi connectivity index (χ2n) is 4.72. The zero-order chi connectivity index (χ0) is 13.2. The molecule has 0 unspecified atom stereocenters. The zero-order valence-electron chi connectivity index (χ0n) is 9.88. The minimum atomic E-state index is -0.547. The van der Waals surface area contributed by atoms with Crippen LogP contribution in [-0.2, 0) is 0 Å². The van der Waals surface area contributed by atoms with E-state index < -0.39 is 11.4 Å². The van der Waals surface area contributed by atoms with Crippen LogP contribution in [0.25, 0.3) is 0 Å². The van der Waals surface area contributed by atoms with Crippen molar-refractivity contribution in [2.45, 2.75) is 31.2 Å². The third-order valence-corrected chi connectivity index (χ3v) is 3.73. The molecule has 0 bridgehead atoms. The van der Waals surface area contributed by atoms with Gasteiger partial charge in [-0.15, -0.1) is 0 Å². The van der Waals surface area contributed by atoms with Gasteiger partial charge < -0.3 is 10.4 Å². The molecular formula is C13H15ClFNO2. The summed E-state index contributed by atoms with van der Waals surface area (Å²) in [6.07, 6.45) is 3.48. The lowest BCUT2D eigenvalue weighted by molar-refractivity contribution is 0.0838. The van der Waals surface area contributed by atoms with Crippen molar-refractivity contribution in [2.24, 2.45) is 0 Å². The van der Waals surface area contributed by atoms with Crippen LogP contribution < -0.4 is 5.32 Å². The molecule has 1 aromatic carbocycles. The van der Waals surface area contributed by atoms with Crippen molar-refractivity contribution in [3.8, 4) is 0 Å². The van der Waals surface area contributed by atoms with E-state index in [1.165, 1.54) is 12.1 Å². The van der Waals surface area contributed by atoms with Crippen LogP contribution in [0.3, 0.4) is 0 Å². The molecule has 0 radical (unpaired) electrons. The number of amides is 1. The van der Waals surface area contributed by atoms with Gasteiger partial charge in [-0.2, -0.15) is 0 Å². The Bertz CT molecular complexity index is 458. The number of rotatable bonds is 3. The molecule has 1 fully saturated rings. The molecule has 98 valence electrons. The van der Waals surface area contributed by atoms with E-state index in [-0.39, 0.29) is 23.1 Å². The highest BCUT2D eigenvalue weighted by molar-refractivity contribution is 6.33. The third-order valence-electron chi connectivity index (χ3n) is 3.42. The van der Waals surface area contributed by atoms with Crippen molar-refractivity contribution in [3.63, 3.8) is 0 Å². The Kier molecular flexibility index (Phi) is 3.88. The average molecular weight is 272 g/mol. The standard InChI is InChI=1S/C13H15ClFNO2/c14-11-7-9(15)3-4-10(11)12(18)16-13(8-17)5-1-2-6-13/h3-4,7,17H,1-2,5-6,8H2,(H,16,18). The average Bonchev–Trinajstić information content (AvgIpc) is 2.78. The maximum absolute atomic E-state index is 12.9. The van der Waals surface area contributed by atoms with Gasteiger partial charge in [0, 0.05) is 0 Å². The highest BCUT2D eigenvalue weighted by atomic mass is 35.5. The SMILES string of the molecule is O=C(NC1(CO)CCCC1)c1ccc(F)cc1Cl. The molecule has 1 aromatic rings. The summed E-state index contributed by atoms with van der Waals surface area (Å²) in [5, 5.41) is 12.3. The molecule has 0 atom stereocenters.